The highest BCUT2D eigenvalue weighted by atomic mass is 32.1. The van der Waals surface area contributed by atoms with Crippen LogP contribution in [0, 0.1) is 29.5 Å². The Morgan fingerprint density at radius 2 is 1.77 bits per heavy atom. The maximum atomic E-state index is 17.5. The Labute approximate surface area is 477 Å². The van der Waals surface area contributed by atoms with E-state index in [-0.39, 0.29) is 102 Å². The molecule has 10 rings (SSSR count). The summed E-state index contributed by atoms with van der Waals surface area (Å²) in [5.41, 5.74) is 7.99. The molecule has 2 unspecified atom stereocenters. The van der Waals surface area contributed by atoms with Crippen molar-refractivity contribution in [2.75, 3.05) is 63.2 Å². The summed E-state index contributed by atoms with van der Waals surface area (Å²) in [6.45, 7) is 12.1. The largest absolute Gasteiger partial charge is 0.462 e. The number of rotatable bonds is 18. The molecule has 18 nitrogen and oxygen atoms in total. The number of benzene rings is 3. The van der Waals surface area contributed by atoms with Crippen molar-refractivity contribution in [2.45, 2.75) is 128 Å². The number of anilines is 2. The zero-order chi connectivity index (χ0) is 58.4. The smallest absolute Gasteiger partial charge is 0.417 e. The van der Waals surface area contributed by atoms with Crippen molar-refractivity contribution < 1.29 is 46.5 Å². The van der Waals surface area contributed by atoms with Crippen molar-refractivity contribution in [1.29, 1.82) is 5.26 Å². The maximum Gasteiger partial charge on any atom is 0.417 e. The number of nitrogen functional groups attached to an aromatic ring is 1. The third kappa shape index (κ3) is 12.1. The molecule has 2 bridgehead atoms. The van der Waals surface area contributed by atoms with Crippen LogP contribution in [0.2, 0.25) is 0 Å². The fourth-order valence-corrected chi connectivity index (χ4v) is 13.0. The highest BCUT2D eigenvalue weighted by Gasteiger charge is 2.45. The molecule has 436 valence electrons. The summed E-state index contributed by atoms with van der Waals surface area (Å²) >= 11 is 1.56. The molecule has 6 aromatic rings. The number of nitriles is 1. The molecule has 4 saturated heterocycles. The van der Waals surface area contributed by atoms with Gasteiger partial charge in [0, 0.05) is 104 Å². The molecule has 82 heavy (non-hydrogen) atoms. The van der Waals surface area contributed by atoms with Crippen LogP contribution in [0.4, 0.5) is 29.1 Å². The van der Waals surface area contributed by atoms with E-state index < -0.39 is 64.4 Å². The molecule has 4 fully saturated rings. The zero-order valence-electron chi connectivity index (χ0n) is 46.9. The van der Waals surface area contributed by atoms with Crippen molar-refractivity contribution in [3.8, 4) is 33.6 Å². The molecule has 0 aliphatic carbocycles. The summed E-state index contributed by atoms with van der Waals surface area (Å²) in [5, 5.41) is 30.3. The lowest BCUT2D eigenvalue weighted by atomic mass is 9.85. The molecule has 6 N–H and O–H groups in total. The number of nitrogens with one attached hydrogen (secondary N) is 3. The van der Waals surface area contributed by atoms with Gasteiger partial charge in [0.15, 0.2) is 5.82 Å². The molecule has 4 aliphatic heterocycles. The number of fused-ring (bicyclic) bond motifs is 4. The van der Waals surface area contributed by atoms with Crippen molar-refractivity contribution in [3.63, 3.8) is 0 Å². The first kappa shape index (κ1) is 58.2. The molecule has 23 heteroatoms. The molecule has 4 aliphatic rings. The molecule has 3 aromatic carbocycles. The van der Waals surface area contributed by atoms with E-state index in [1.165, 1.54) is 21.7 Å². The third-order valence-corrected chi connectivity index (χ3v) is 17.4. The number of likely N-dealkylation sites (tertiary alicyclic amines) is 2. The second-order valence-electron chi connectivity index (χ2n) is 23.3. The van der Waals surface area contributed by atoms with Crippen molar-refractivity contribution in [2.24, 2.45) is 12.5 Å². The van der Waals surface area contributed by atoms with Crippen molar-refractivity contribution in [3.05, 3.63) is 82.4 Å². The average molecular weight is 1150 g/mol. The van der Waals surface area contributed by atoms with Gasteiger partial charge in [0.2, 0.25) is 17.7 Å². The number of thiazole rings is 1. The molecule has 0 spiro atoms. The van der Waals surface area contributed by atoms with Crippen LogP contribution in [0.3, 0.4) is 0 Å². The van der Waals surface area contributed by atoms with Gasteiger partial charge in [0.1, 0.15) is 36.1 Å². The second-order valence-corrected chi connectivity index (χ2v) is 24.2. The van der Waals surface area contributed by atoms with Crippen molar-refractivity contribution in [1.82, 2.24) is 45.3 Å². The third-order valence-electron chi connectivity index (χ3n) is 16.5. The highest BCUT2D eigenvalue weighted by Crippen LogP contribution is 2.47. The Hall–Kier alpha value is -6.97. The topological polar surface area (TPSA) is 229 Å². The number of amides is 3. The molecule has 0 radical (unpaired) electrons. The van der Waals surface area contributed by atoms with Crippen LogP contribution in [0.25, 0.3) is 43.4 Å². The van der Waals surface area contributed by atoms with Gasteiger partial charge in [-0.2, -0.15) is 28.4 Å². The van der Waals surface area contributed by atoms with Crippen molar-refractivity contribution >= 4 is 62.4 Å². The number of nitrogens with two attached hydrogens (primary N) is 1. The molecular weight excluding hydrogens is 1080 g/mol. The number of nitrogens with zero attached hydrogens (tertiary/aromatic N) is 8. The number of alkyl halides is 3. The lowest BCUT2D eigenvalue weighted by molar-refractivity contribution is -0.144. The van der Waals surface area contributed by atoms with Gasteiger partial charge in [0.25, 0.3) is 0 Å². The number of hydrogen-bond acceptors (Lipinski definition) is 15. The van der Waals surface area contributed by atoms with Crippen LogP contribution >= 0.6 is 11.3 Å². The average Bonchev–Trinajstić information content (AvgIpc) is 2.51. The van der Waals surface area contributed by atoms with E-state index >= 15 is 17.6 Å². The number of β-amino-alcohol motifs (C(OH)–C–C–N with tert-alkyl or cyclic N) is 1. The van der Waals surface area contributed by atoms with Crippen LogP contribution in [0.15, 0.2) is 54.2 Å². The quantitative estimate of drug-likeness (QED) is 0.0315. The van der Waals surface area contributed by atoms with E-state index in [1.54, 1.807) is 30.0 Å². The number of aliphatic hydroxyl groups is 1. The lowest BCUT2D eigenvalue weighted by Crippen LogP contribution is -2.58. The maximum absolute atomic E-state index is 17.5. The number of hydrogen-bond donors (Lipinski definition) is 5. The van der Waals surface area contributed by atoms with Crippen LogP contribution in [0.1, 0.15) is 101 Å². The minimum absolute atomic E-state index is 0.0223. The van der Waals surface area contributed by atoms with Gasteiger partial charge in [-0.05, 0) is 87.2 Å². The Balaban J connectivity index is 0.757. The van der Waals surface area contributed by atoms with E-state index in [9.17, 15) is 24.8 Å². The van der Waals surface area contributed by atoms with Gasteiger partial charge >= 0.3 is 12.2 Å². The first-order valence-electron chi connectivity index (χ1n) is 28.0. The molecule has 7 heterocycles. The van der Waals surface area contributed by atoms with Gasteiger partial charge in [-0.1, -0.05) is 45.0 Å². The number of carbonyl (C=O) groups is 3. The van der Waals surface area contributed by atoms with Crippen LogP contribution in [0.5, 0.6) is 6.01 Å². The standard InChI is InChI=1S/C59H70F4N12O6S/c1-32(34-10-12-35(13-11-34)52-33(2)66-31-82-52)67-55(78)46-23-39(76)28-75(46)56(79)53(58(3,4)5)69-47(77)18-22-80-21-8-20-73-19-7-9-38(73)30-81-57-70-51-40(54(71-57)74-26-36-14-15-37(27-74)68-36)24-43(59(61,62)63)49(50(51)60)42-29-72(6)45-17-16-44(65)41(25-64)48(42)45/h10-13,16-17,24,29,31-32,36-39,46,53,68,76H,7-9,14-15,18-23,26-28,30,65H2,1-6H3,(H,67,78)(H,69,77)/t32-,36?,37?,38-,39+,46-,53+/m0/s1. The first-order valence-corrected chi connectivity index (χ1v) is 28.9. The van der Waals surface area contributed by atoms with Gasteiger partial charge in [0.05, 0.1) is 51.6 Å². The first-order chi connectivity index (χ1) is 39.1. The Morgan fingerprint density at radius 3 is 2.45 bits per heavy atom. The van der Waals surface area contributed by atoms with E-state index in [4.69, 9.17) is 20.2 Å². The number of halogens is 4. The highest BCUT2D eigenvalue weighted by molar-refractivity contribution is 7.13. The predicted octanol–water partition coefficient (Wildman–Crippen LogP) is 7.78. The summed E-state index contributed by atoms with van der Waals surface area (Å²) in [4.78, 5) is 61.6. The van der Waals surface area contributed by atoms with E-state index in [2.05, 4.69) is 30.8 Å². The van der Waals surface area contributed by atoms with E-state index in [1.807, 2.05) is 69.9 Å². The summed E-state index contributed by atoms with van der Waals surface area (Å²) in [6, 6.07) is 11.5. The Kier molecular flexibility index (Phi) is 16.8. The summed E-state index contributed by atoms with van der Waals surface area (Å²) in [6.07, 6.45) is -0.486. The zero-order valence-corrected chi connectivity index (χ0v) is 47.7. The fraction of sp³-hybridized carbons (Fsp3) is 0.508. The Bertz CT molecular complexity index is 3400. The number of piperazine rings is 1. The van der Waals surface area contributed by atoms with Crippen LogP contribution in [-0.4, -0.2) is 141 Å². The Morgan fingerprint density at radius 1 is 1.02 bits per heavy atom. The monoisotopic (exact) mass is 1150 g/mol. The molecule has 3 amide bonds. The lowest BCUT2D eigenvalue weighted by Gasteiger charge is -2.35. The normalized spacial score (nSPS) is 21.1. The fourth-order valence-electron chi connectivity index (χ4n) is 12.2. The molecule has 3 aromatic heterocycles. The summed E-state index contributed by atoms with van der Waals surface area (Å²) in [5.74, 6) is -2.33. The van der Waals surface area contributed by atoms with Crippen LogP contribution < -0.4 is 31.3 Å². The molecule has 7 atom stereocenters. The minimum atomic E-state index is -5.01. The van der Waals surface area contributed by atoms with Crippen LogP contribution in [-0.2, 0) is 32.3 Å². The van der Waals surface area contributed by atoms with E-state index in [0.717, 1.165) is 60.0 Å². The summed E-state index contributed by atoms with van der Waals surface area (Å²) in [7, 11) is 1.61. The van der Waals surface area contributed by atoms with E-state index in [0.29, 0.717) is 38.2 Å². The van der Waals surface area contributed by atoms with Gasteiger partial charge in [-0.25, -0.2) is 9.37 Å². The predicted molar refractivity (Wildman–Crippen MR) is 304 cm³/mol. The molecule has 0 saturated carbocycles. The number of aryl methyl sites for hydroxylation is 2. The number of aliphatic hydroxyl groups excluding tert-OH is 1. The van der Waals surface area contributed by atoms with Gasteiger partial charge in [-0.15, -0.1) is 11.3 Å². The number of carbonyl (C=O) groups excluding carboxylic acids is 3. The van der Waals surface area contributed by atoms with Gasteiger partial charge < -0.3 is 50.6 Å². The number of ether oxygens (including phenoxy) is 2. The SMILES string of the molecule is Cc1ncsc1-c1ccc([C@H](C)NC(=O)[C@@H]2C[C@@H](O)CN2C(=O)[C@@H](NC(=O)CCOCCCN2CCC[C@H]2COc2nc(N3CC4CCC(C3)N4)c3cc(C(F)(F)F)c(-c4cn(C)c5ccc(N)c(C#N)c45)c(F)c3n2)C(C)(C)C)cc1. The minimum Gasteiger partial charge on any atom is -0.462 e. The summed E-state index contributed by atoms with van der Waals surface area (Å²) < 4.78 is 77.1. The molecular formula is C59H70F4N12O6S. The number of aromatic nitrogens is 4. The second kappa shape index (κ2) is 23.7. The van der Waals surface area contributed by atoms with Gasteiger partial charge in [-0.3, -0.25) is 19.3 Å².